The highest BCUT2D eigenvalue weighted by molar-refractivity contribution is 5.94. The van der Waals surface area contributed by atoms with Gasteiger partial charge in [-0.1, -0.05) is 38.1 Å². The number of amides is 1. The molecule has 1 amide bonds. The average Bonchev–Trinajstić information content (AvgIpc) is 3.48. The van der Waals surface area contributed by atoms with Gasteiger partial charge in [0.1, 0.15) is 5.67 Å². The number of carbonyl (C=O) groups is 1. The first-order valence-corrected chi connectivity index (χ1v) is 15.5. The molecule has 0 spiro atoms. The van der Waals surface area contributed by atoms with E-state index >= 15 is 0 Å². The van der Waals surface area contributed by atoms with Crippen molar-refractivity contribution in [1.29, 1.82) is 0 Å². The van der Waals surface area contributed by atoms with Gasteiger partial charge >= 0.3 is 6.61 Å². The third kappa shape index (κ3) is 5.15. The van der Waals surface area contributed by atoms with Crippen molar-refractivity contribution >= 4 is 11.6 Å². The second-order valence-corrected chi connectivity index (χ2v) is 15.0. The van der Waals surface area contributed by atoms with Crippen LogP contribution in [0.25, 0.3) is 11.4 Å². The maximum absolute atomic E-state index is 14.4. The second kappa shape index (κ2) is 10.0. The summed E-state index contributed by atoms with van der Waals surface area (Å²) in [6.45, 7) is 3.82. The number of anilines is 1. The summed E-state index contributed by atoms with van der Waals surface area (Å²) in [6.07, 6.45) is 9.81. The van der Waals surface area contributed by atoms with Crippen LogP contribution in [0.5, 0.6) is 5.75 Å². The van der Waals surface area contributed by atoms with E-state index in [1.807, 2.05) is 29.2 Å². The zero-order valence-corrected chi connectivity index (χ0v) is 25.4. The Morgan fingerprint density at radius 1 is 1.02 bits per heavy atom. The Morgan fingerprint density at radius 3 is 2.25 bits per heavy atom. The molecular formula is C33H38F3N5O3. The van der Waals surface area contributed by atoms with Crippen LogP contribution >= 0.6 is 0 Å². The van der Waals surface area contributed by atoms with E-state index in [0.29, 0.717) is 49.5 Å². The summed E-state index contributed by atoms with van der Waals surface area (Å²) < 4.78 is 49.6. The lowest BCUT2D eigenvalue weighted by molar-refractivity contribution is -0.215. The predicted octanol–water partition coefficient (Wildman–Crippen LogP) is 7.33. The largest absolute Gasteiger partial charge is 0.432 e. The van der Waals surface area contributed by atoms with Crippen molar-refractivity contribution in [2.24, 2.45) is 10.8 Å². The standard InChI is InChI=1S/C33H38F3N5O3/c1-29(2,3)27-39-26(40-44-27)32-10-7-30(8-11-32,9-12-32)20-41(24(42)14-31-17-33(36,18-31)19-31)22-6-4-5-21(13-22)25-37-15-23(16-38-25)43-28(34)35/h4-6,13,15-16,28H,7-12,14,17-20H2,1-3H3. The summed E-state index contributed by atoms with van der Waals surface area (Å²) >= 11 is 0. The summed E-state index contributed by atoms with van der Waals surface area (Å²) in [5.41, 5.74) is -0.250. The molecule has 9 rings (SSSR count). The van der Waals surface area contributed by atoms with Crippen molar-refractivity contribution in [1.82, 2.24) is 20.1 Å². The maximum atomic E-state index is 14.4. The van der Waals surface area contributed by atoms with E-state index in [9.17, 15) is 18.0 Å². The minimum atomic E-state index is -2.96. The zero-order chi connectivity index (χ0) is 31.0. The van der Waals surface area contributed by atoms with Crippen LogP contribution < -0.4 is 9.64 Å². The molecule has 6 saturated carbocycles. The summed E-state index contributed by atoms with van der Waals surface area (Å²) in [6, 6.07) is 7.46. The molecule has 6 fully saturated rings. The molecule has 234 valence electrons. The van der Waals surface area contributed by atoms with E-state index in [0.717, 1.165) is 50.0 Å². The van der Waals surface area contributed by atoms with Gasteiger partial charge in [-0.2, -0.15) is 13.8 Å². The van der Waals surface area contributed by atoms with Gasteiger partial charge < -0.3 is 14.2 Å². The molecule has 6 aliphatic rings. The lowest BCUT2D eigenvalue weighted by Gasteiger charge is -2.66. The lowest BCUT2D eigenvalue weighted by atomic mass is 9.41. The molecule has 1 aromatic carbocycles. The highest BCUT2D eigenvalue weighted by Gasteiger charge is 2.69. The van der Waals surface area contributed by atoms with Gasteiger partial charge in [0.25, 0.3) is 0 Å². The van der Waals surface area contributed by atoms with E-state index in [1.165, 1.54) is 12.4 Å². The van der Waals surface area contributed by atoms with Crippen LogP contribution in [0.4, 0.5) is 18.9 Å². The van der Waals surface area contributed by atoms with Gasteiger partial charge in [0.2, 0.25) is 11.8 Å². The normalized spacial score (nSPS) is 30.5. The number of alkyl halides is 3. The minimum absolute atomic E-state index is 0.00951. The van der Waals surface area contributed by atoms with Crippen LogP contribution in [0.2, 0.25) is 0 Å². The van der Waals surface area contributed by atoms with Crippen molar-refractivity contribution in [3.8, 4) is 17.1 Å². The van der Waals surface area contributed by atoms with Gasteiger partial charge in [-0.15, -0.1) is 0 Å². The van der Waals surface area contributed by atoms with Crippen molar-refractivity contribution in [3.05, 3.63) is 48.4 Å². The number of fused-ring (bicyclic) bond motifs is 3. The van der Waals surface area contributed by atoms with Gasteiger partial charge in [-0.3, -0.25) is 4.79 Å². The maximum Gasteiger partial charge on any atom is 0.387 e. The van der Waals surface area contributed by atoms with Gasteiger partial charge in [0, 0.05) is 35.0 Å². The van der Waals surface area contributed by atoms with Crippen molar-refractivity contribution < 1.29 is 27.2 Å². The fourth-order valence-electron chi connectivity index (χ4n) is 8.14. The number of halogens is 3. The minimum Gasteiger partial charge on any atom is -0.432 e. The zero-order valence-electron chi connectivity index (χ0n) is 25.4. The Labute approximate surface area is 254 Å². The van der Waals surface area contributed by atoms with E-state index in [2.05, 4.69) is 40.6 Å². The van der Waals surface area contributed by atoms with Gasteiger partial charge in [-0.25, -0.2) is 14.4 Å². The summed E-state index contributed by atoms with van der Waals surface area (Å²) in [5, 5.41) is 4.42. The summed E-state index contributed by atoms with van der Waals surface area (Å²) in [5.74, 6) is 1.69. The molecule has 11 heteroatoms. The van der Waals surface area contributed by atoms with Crippen molar-refractivity contribution in [3.63, 3.8) is 0 Å². The highest BCUT2D eigenvalue weighted by atomic mass is 19.3. The number of nitrogens with zero attached hydrogens (tertiary/aromatic N) is 5. The Kier molecular flexibility index (Phi) is 6.64. The molecule has 0 atom stereocenters. The molecular weight excluding hydrogens is 571 g/mol. The SMILES string of the molecule is CC(C)(C)c1nc(C23CCC(CN(C(=O)CC45CC(F)(C4)C5)c4cccc(-c5ncc(OC(F)F)cn5)c4)(CC2)CC3)no1. The first-order chi connectivity index (χ1) is 20.8. The topological polar surface area (TPSA) is 94.2 Å². The van der Waals surface area contributed by atoms with Crippen molar-refractivity contribution in [2.45, 2.75) is 108 Å². The van der Waals surface area contributed by atoms with Gasteiger partial charge in [-0.05, 0) is 80.8 Å². The molecule has 0 aliphatic heterocycles. The fraction of sp³-hybridized carbons (Fsp3) is 0.606. The van der Waals surface area contributed by atoms with Crippen LogP contribution in [0.3, 0.4) is 0 Å². The Balaban J connectivity index is 1.13. The molecule has 2 heterocycles. The van der Waals surface area contributed by atoms with Crippen molar-refractivity contribution in [2.75, 3.05) is 11.4 Å². The molecule has 0 N–H and O–H groups in total. The fourth-order valence-corrected chi connectivity index (χ4v) is 8.14. The smallest absolute Gasteiger partial charge is 0.387 e. The predicted molar refractivity (Wildman–Crippen MR) is 156 cm³/mol. The number of carbonyl (C=O) groups excluding carboxylic acids is 1. The Hall–Kier alpha value is -3.50. The van der Waals surface area contributed by atoms with Gasteiger partial charge in [0.05, 0.1) is 12.4 Å². The molecule has 0 radical (unpaired) electrons. The quantitative estimate of drug-likeness (QED) is 0.251. The Morgan fingerprint density at radius 2 is 1.68 bits per heavy atom. The molecule has 44 heavy (non-hydrogen) atoms. The Bertz CT molecular complexity index is 1520. The van der Waals surface area contributed by atoms with E-state index in [4.69, 9.17) is 9.51 Å². The third-order valence-corrected chi connectivity index (χ3v) is 10.6. The molecule has 2 aromatic heterocycles. The van der Waals surface area contributed by atoms with E-state index in [-0.39, 0.29) is 33.3 Å². The monoisotopic (exact) mass is 609 g/mol. The number of aromatic nitrogens is 4. The third-order valence-electron chi connectivity index (χ3n) is 10.6. The number of rotatable bonds is 9. The number of hydrogen-bond acceptors (Lipinski definition) is 7. The first kappa shape index (κ1) is 29.2. The van der Waals surface area contributed by atoms with Crippen LogP contribution in [0, 0.1) is 10.8 Å². The number of benzene rings is 1. The first-order valence-electron chi connectivity index (χ1n) is 15.5. The molecule has 6 aliphatic carbocycles. The van der Waals surface area contributed by atoms with Gasteiger partial charge in [0.15, 0.2) is 17.4 Å². The van der Waals surface area contributed by atoms with Crippen LogP contribution in [0.1, 0.15) is 96.7 Å². The van der Waals surface area contributed by atoms with Crippen LogP contribution in [-0.4, -0.2) is 44.8 Å². The summed E-state index contributed by atoms with van der Waals surface area (Å²) in [7, 11) is 0. The molecule has 8 nitrogen and oxygen atoms in total. The van der Waals surface area contributed by atoms with E-state index < -0.39 is 12.3 Å². The second-order valence-electron chi connectivity index (χ2n) is 15.0. The lowest BCUT2D eigenvalue weighted by Crippen LogP contribution is -2.65. The molecule has 3 aromatic rings. The van der Waals surface area contributed by atoms with E-state index in [1.54, 1.807) is 0 Å². The molecule has 0 saturated heterocycles. The number of ether oxygens (including phenoxy) is 1. The number of hydrogen-bond donors (Lipinski definition) is 0. The van der Waals surface area contributed by atoms with Crippen LogP contribution in [0.15, 0.2) is 41.2 Å². The average molecular weight is 610 g/mol. The summed E-state index contributed by atoms with van der Waals surface area (Å²) in [4.78, 5) is 29.2. The molecule has 0 unspecified atom stereocenters. The molecule has 4 bridgehead atoms. The highest BCUT2D eigenvalue weighted by Crippen LogP contribution is 2.71. The van der Waals surface area contributed by atoms with Crippen LogP contribution in [-0.2, 0) is 15.6 Å².